The highest BCUT2D eigenvalue weighted by Crippen LogP contribution is 2.28. The standard InChI is InChI=1S/C20H30N4O4/c1-20(2,3)16(19(27)28)24-17(25)14(11-13-7-5-4-6-8-13)23-18(26)15-12-21-9-10-22-15/h9-10,12-14,16H,4-8,11H2,1-3H3,(H,23,26)(H,24,25)(H,27,28)/t14-,16+/m0/s1. The number of carbonyl (C=O) groups is 3. The summed E-state index contributed by atoms with van der Waals surface area (Å²) in [7, 11) is 0. The van der Waals surface area contributed by atoms with Crippen LogP contribution in [0.4, 0.5) is 0 Å². The third-order valence-electron chi connectivity index (χ3n) is 5.11. The molecule has 2 atom stereocenters. The number of carboxylic acid groups (broad SMARTS) is 1. The zero-order valence-corrected chi connectivity index (χ0v) is 16.8. The molecule has 0 aliphatic heterocycles. The van der Waals surface area contributed by atoms with Crippen LogP contribution in [0, 0.1) is 11.3 Å². The lowest BCUT2D eigenvalue weighted by molar-refractivity contribution is -0.145. The van der Waals surface area contributed by atoms with Crippen LogP contribution in [0.25, 0.3) is 0 Å². The fourth-order valence-corrected chi connectivity index (χ4v) is 3.53. The molecule has 1 aromatic heterocycles. The molecule has 8 heteroatoms. The van der Waals surface area contributed by atoms with Gasteiger partial charge in [-0.1, -0.05) is 52.9 Å². The Labute approximate surface area is 165 Å². The molecule has 1 aliphatic carbocycles. The molecule has 1 aromatic rings. The summed E-state index contributed by atoms with van der Waals surface area (Å²) in [6.45, 7) is 5.25. The van der Waals surface area contributed by atoms with Gasteiger partial charge in [0, 0.05) is 12.4 Å². The number of carboxylic acids is 1. The molecule has 0 saturated heterocycles. The van der Waals surface area contributed by atoms with Crippen molar-refractivity contribution < 1.29 is 19.5 Å². The largest absolute Gasteiger partial charge is 0.480 e. The Kier molecular flexibility index (Phi) is 7.48. The smallest absolute Gasteiger partial charge is 0.326 e. The molecule has 0 aromatic carbocycles. The van der Waals surface area contributed by atoms with Crippen molar-refractivity contribution in [3.8, 4) is 0 Å². The van der Waals surface area contributed by atoms with Gasteiger partial charge in [-0.3, -0.25) is 14.6 Å². The molecule has 1 aliphatic rings. The van der Waals surface area contributed by atoms with Crippen LogP contribution < -0.4 is 10.6 Å². The van der Waals surface area contributed by atoms with E-state index in [9.17, 15) is 19.5 Å². The predicted molar refractivity (Wildman–Crippen MR) is 103 cm³/mol. The van der Waals surface area contributed by atoms with Gasteiger partial charge in [-0.25, -0.2) is 9.78 Å². The molecule has 2 amide bonds. The van der Waals surface area contributed by atoms with Gasteiger partial charge >= 0.3 is 5.97 Å². The molecule has 0 bridgehead atoms. The number of hydrogen-bond acceptors (Lipinski definition) is 5. The van der Waals surface area contributed by atoms with Crippen molar-refractivity contribution in [2.75, 3.05) is 0 Å². The van der Waals surface area contributed by atoms with Crippen LogP contribution in [-0.4, -0.2) is 44.9 Å². The molecule has 8 nitrogen and oxygen atoms in total. The van der Waals surface area contributed by atoms with Crippen molar-refractivity contribution >= 4 is 17.8 Å². The van der Waals surface area contributed by atoms with Crippen LogP contribution >= 0.6 is 0 Å². The summed E-state index contributed by atoms with van der Waals surface area (Å²) in [4.78, 5) is 44.9. The molecular weight excluding hydrogens is 360 g/mol. The number of nitrogens with zero attached hydrogens (tertiary/aromatic N) is 2. The van der Waals surface area contributed by atoms with E-state index in [1.807, 2.05) is 0 Å². The van der Waals surface area contributed by atoms with Gasteiger partial charge in [0.05, 0.1) is 6.20 Å². The van der Waals surface area contributed by atoms with Crippen molar-refractivity contribution in [2.45, 2.75) is 71.4 Å². The third-order valence-corrected chi connectivity index (χ3v) is 5.11. The van der Waals surface area contributed by atoms with Crippen molar-refractivity contribution in [1.29, 1.82) is 0 Å². The number of rotatable bonds is 7. The van der Waals surface area contributed by atoms with Crippen molar-refractivity contribution in [3.05, 3.63) is 24.3 Å². The van der Waals surface area contributed by atoms with Crippen LogP contribution in [0.5, 0.6) is 0 Å². The van der Waals surface area contributed by atoms with Gasteiger partial charge in [0.1, 0.15) is 17.8 Å². The zero-order valence-electron chi connectivity index (χ0n) is 16.8. The van der Waals surface area contributed by atoms with E-state index in [0.717, 1.165) is 25.7 Å². The molecule has 28 heavy (non-hydrogen) atoms. The molecule has 0 radical (unpaired) electrons. The van der Waals surface area contributed by atoms with Gasteiger partial charge in [-0.2, -0.15) is 0 Å². The lowest BCUT2D eigenvalue weighted by Crippen LogP contribution is -2.56. The van der Waals surface area contributed by atoms with E-state index in [1.165, 1.54) is 25.0 Å². The summed E-state index contributed by atoms with van der Waals surface area (Å²) in [6, 6.07) is -1.87. The summed E-state index contributed by atoms with van der Waals surface area (Å²) in [6.07, 6.45) is 10.1. The summed E-state index contributed by atoms with van der Waals surface area (Å²) in [5.41, 5.74) is -0.541. The minimum absolute atomic E-state index is 0.120. The summed E-state index contributed by atoms with van der Waals surface area (Å²) in [5, 5.41) is 14.8. The number of nitrogens with one attached hydrogen (secondary N) is 2. The quantitative estimate of drug-likeness (QED) is 0.656. The van der Waals surface area contributed by atoms with E-state index in [2.05, 4.69) is 20.6 Å². The van der Waals surface area contributed by atoms with E-state index in [4.69, 9.17) is 0 Å². The molecular formula is C20H30N4O4. The topological polar surface area (TPSA) is 121 Å². The summed E-state index contributed by atoms with van der Waals surface area (Å²) >= 11 is 0. The Balaban J connectivity index is 2.15. The van der Waals surface area contributed by atoms with Gasteiger partial charge in [-0.05, 0) is 17.8 Å². The van der Waals surface area contributed by atoms with Crippen molar-refractivity contribution in [1.82, 2.24) is 20.6 Å². The first-order chi connectivity index (χ1) is 13.2. The Morgan fingerprint density at radius 2 is 1.82 bits per heavy atom. The fraction of sp³-hybridized carbons (Fsp3) is 0.650. The summed E-state index contributed by atoms with van der Waals surface area (Å²) < 4.78 is 0. The number of carbonyl (C=O) groups excluding carboxylic acids is 2. The molecule has 154 valence electrons. The van der Waals surface area contributed by atoms with Crippen LogP contribution in [-0.2, 0) is 9.59 Å². The van der Waals surface area contributed by atoms with Gasteiger partial charge in [0.25, 0.3) is 5.91 Å². The highest BCUT2D eigenvalue weighted by Gasteiger charge is 2.35. The first kappa shape index (κ1) is 21.8. The SMILES string of the molecule is CC(C)(C)[C@H](NC(=O)[C@H](CC1CCCCC1)NC(=O)c1cnccn1)C(=O)O. The van der Waals surface area contributed by atoms with Crippen LogP contribution in [0.2, 0.25) is 0 Å². The average molecular weight is 390 g/mol. The Morgan fingerprint density at radius 1 is 1.14 bits per heavy atom. The zero-order chi connectivity index (χ0) is 20.7. The summed E-state index contributed by atoms with van der Waals surface area (Å²) in [5.74, 6) is -1.75. The fourth-order valence-electron chi connectivity index (χ4n) is 3.53. The number of hydrogen-bond donors (Lipinski definition) is 3. The molecule has 0 spiro atoms. The lowest BCUT2D eigenvalue weighted by atomic mass is 9.83. The third kappa shape index (κ3) is 6.28. The van der Waals surface area contributed by atoms with E-state index >= 15 is 0 Å². The second-order valence-electron chi connectivity index (χ2n) is 8.50. The van der Waals surface area contributed by atoms with Crippen molar-refractivity contribution in [3.63, 3.8) is 0 Å². The highest BCUT2D eigenvalue weighted by atomic mass is 16.4. The maximum Gasteiger partial charge on any atom is 0.326 e. The molecule has 1 fully saturated rings. The van der Waals surface area contributed by atoms with Crippen LogP contribution in [0.3, 0.4) is 0 Å². The van der Waals surface area contributed by atoms with Gasteiger partial charge in [-0.15, -0.1) is 0 Å². The number of amides is 2. The van der Waals surface area contributed by atoms with Crippen LogP contribution in [0.1, 0.15) is 69.8 Å². The maximum atomic E-state index is 12.9. The number of aromatic nitrogens is 2. The minimum atomic E-state index is -1.10. The van der Waals surface area contributed by atoms with Gasteiger partial charge in [0.2, 0.25) is 5.91 Å². The molecule has 0 unspecified atom stereocenters. The predicted octanol–water partition coefficient (Wildman–Crippen LogP) is 2.16. The maximum absolute atomic E-state index is 12.9. The monoisotopic (exact) mass is 390 g/mol. The van der Waals surface area contributed by atoms with Crippen LogP contribution in [0.15, 0.2) is 18.6 Å². The minimum Gasteiger partial charge on any atom is -0.480 e. The molecule has 1 saturated carbocycles. The second kappa shape index (κ2) is 9.61. The highest BCUT2D eigenvalue weighted by molar-refractivity contribution is 5.96. The first-order valence-corrected chi connectivity index (χ1v) is 9.78. The Hall–Kier alpha value is -2.51. The van der Waals surface area contributed by atoms with E-state index < -0.39 is 35.3 Å². The molecule has 3 N–H and O–H groups in total. The normalized spacial score (nSPS) is 17.4. The van der Waals surface area contributed by atoms with E-state index in [0.29, 0.717) is 12.3 Å². The number of aliphatic carboxylic acids is 1. The van der Waals surface area contributed by atoms with E-state index in [1.54, 1.807) is 20.8 Å². The Bertz CT molecular complexity index is 681. The van der Waals surface area contributed by atoms with Crippen molar-refractivity contribution in [2.24, 2.45) is 11.3 Å². The van der Waals surface area contributed by atoms with E-state index in [-0.39, 0.29) is 5.69 Å². The second-order valence-corrected chi connectivity index (χ2v) is 8.50. The molecule has 2 rings (SSSR count). The first-order valence-electron chi connectivity index (χ1n) is 9.78. The molecule has 1 heterocycles. The van der Waals surface area contributed by atoms with Gasteiger partial charge < -0.3 is 15.7 Å². The Morgan fingerprint density at radius 3 is 2.36 bits per heavy atom. The lowest BCUT2D eigenvalue weighted by Gasteiger charge is -2.31. The average Bonchev–Trinajstić information content (AvgIpc) is 2.65. The van der Waals surface area contributed by atoms with Gasteiger partial charge in [0.15, 0.2) is 0 Å².